The Bertz CT molecular complexity index is 1670. The zero-order valence-corrected chi connectivity index (χ0v) is 22.3. The minimum Gasteiger partial charge on any atom is -0.545 e. The molecule has 1 saturated heterocycles. The summed E-state index contributed by atoms with van der Waals surface area (Å²) in [5.41, 5.74) is -2.92. The Balaban J connectivity index is 1.46. The van der Waals surface area contributed by atoms with Crippen molar-refractivity contribution < 1.29 is 33.4 Å². The van der Waals surface area contributed by atoms with Crippen LogP contribution in [0.3, 0.4) is 0 Å². The predicted molar refractivity (Wildman–Crippen MR) is 147 cm³/mol. The number of anilines is 1. The fourth-order valence-corrected chi connectivity index (χ4v) is 5.08. The highest BCUT2D eigenvalue weighted by Gasteiger charge is 2.57. The number of carbonyl (C=O) groups excluding carboxylic acids is 3. The standard InChI is InChI=1S/C31H26FN3O7/c1-31(32)25(21-14-8-9-15-22(21)27(37)38)23(18-41-28(39)20-12-6-3-7-13-20)42-29(31)35-17-16-24(34-30(35)40)33-26(36)19-10-4-2-5-11-19/h2-17,23,25,29H,18H2,1H3,(H,37,38)(H,33,34,36,40)/p-1/t23-,25-,29+,31+/m1/s1. The summed E-state index contributed by atoms with van der Waals surface area (Å²) >= 11 is 0. The van der Waals surface area contributed by atoms with Gasteiger partial charge in [0, 0.05) is 17.3 Å². The fourth-order valence-electron chi connectivity index (χ4n) is 5.08. The summed E-state index contributed by atoms with van der Waals surface area (Å²) < 4.78 is 29.2. The van der Waals surface area contributed by atoms with Crippen LogP contribution in [-0.4, -0.2) is 45.8 Å². The summed E-state index contributed by atoms with van der Waals surface area (Å²) in [5.74, 6) is -4.05. The van der Waals surface area contributed by atoms with Crippen molar-refractivity contribution in [1.29, 1.82) is 0 Å². The van der Waals surface area contributed by atoms with Crippen molar-refractivity contribution in [3.05, 3.63) is 130 Å². The first-order valence-corrected chi connectivity index (χ1v) is 13.0. The van der Waals surface area contributed by atoms with Crippen molar-refractivity contribution in [2.75, 3.05) is 11.9 Å². The number of hydrogen-bond donors (Lipinski definition) is 1. The topological polar surface area (TPSA) is 140 Å². The van der Waals surface area contributed by atoms with E-state index in [-0.39, 0.29) is 22.5 Å². The van der Waals surface area contributed by atoms with Crippen molar-refractivity contribution in [1.82, 2.24) is 9.55 Å². The fraction of sp³-hybridized carbons (Fsp3) is 0.194. The number of nitrogens with zero attached hydrogens (tertiary/aromatic N) is 2. The number of esters is 1. The van der Waals surface area contributed by atoms with Crippen LogP contribution in [0.4, 0.5) is 10.2 Å². The minimum atomic E-state index is -2.39. The molecule has 1 aliphatic rings. The molecular weight excluding hydrogens is 545 g/mol. The molecule has 3 aromatic carbocycles. The van der Waals surface area contributed by atoms with Gasteiger partial charge in [0.15, 0.2) is 11.9 Å². The van der Waals surface area contributed by atoms with Crippen LogP contribution in [0, 0.1) is 0 Å². The molecule has 1 aromatic heterocycles. The van der Waals surface area contributed by atoms with E-state index in [0.717, 1.165) is 4.57 Å². The second kappa shape index (κ2) is 11.8. The van der Waals surface area contributed by atoms with Crippen molar-refractivity contribution >= 4 is 23.7 Å². The van der Waals surface area contributed by atoms with Crippen LogP contribution in [0.15, 0.2) is 102 Å². The first-order chi connectivity index (χ1) is 20.2. The number of carboxylic acid groups (broad SMARTS) is 1. The Labute approximate surface area is 239 Å². The second-order valence-corrected chi connectivity index (χ2v) is 9.82. The molecule has 4 atom stereocenters. The molecule has 4 aromatic rings. The number of hydrogen-bond acceptors (Lipinski definition) is 8. The van der Waals surface area contributed by atoms with E-state index in [4.69, 9.17) is 9.47 Å². The largest absolute Gasteiger partial charge is 0.545 e. The third-order valence-corrected chi connectivity index (χ3v) is 7.03. The first-order valence-electron chi connectivity index (χ1n) is 13.0. The molecule has 0 bridgehead atoms. The molecule has 0 aliphatic carbocycles. The van der Waals surface area contributed by atoms with Crippen molar-refractivity contribution in [3.63, 3.8) is 0 Å². The number of carboxylic acids is 1. The lowest BCUT2D eigenvalue weighted by atomic mass is 9.80. The van der Waals surface area contributed by atoms with Crippen molar-refractivity contribution in [3.8, 4) is 0 Å². The molecule has 0 saturated carbocycles. The maximum Gasteiger partial charge on any atom is 0.351 e. The van der Waals surface area contributed by atoms with Gasteiger partial charge in [-0.3, -0.25) is 9.36 Å². The van der Waals surface area contributed by atoms with Crippen LogP contribution < -0.4 is 16.1 Å². The summed E-state index contributed by atoms with van der Waals surface area (Å²) in [4.78, 5) is 54.0. The van der Waals surface area contributed by atoms with Gasteiger partial charge in [0.2, 0.25) is 0 Å². The van der Waals surface area contributed by atoms with E-state index in [1.165, 1.54) is 43.5 Å². The number of ether oxygens (including phenoxy) is 2. The molecule has 2 heterocycles. The van der Waals surface area contributed by atoms with Gasteiger partial charge in [0.1, 0.15) is 18.5 Å². The highest BCUT2D eigenvalue weighted by Crippen LogP contribution is 2.51. The van der Waals surface area contributed by atoms with Gasteiger partial charge in [0.25, 0.3) is 5.91 Å². The molecule has 5 rings (SSSR count). The quantitative estimate of drug-likeness (QED) is 0.319. The Morgan fingerprint density at radius 2 is 1.60 bits per heavy atom. The normalized spacial score (nSPS) is 21.4. The average Bonchev–Trinajstić information content (AvgIpc) is 3.26. The van der Waals surface area contributed by atoms with Crippen LogP contribution >= 0.6 is 0 Å². The smallest absolute Gasteiger partial charge is 0.351 e. The van der Waals surface area contributed by atoms with Crippen LogP contribution in [0.5, 0.6) is 0 Å². The number of amides is 1. The molecule has 0 radical (unpaired) electrons. The molecule has 214 valence electrons. The van der Waals surface area contributed by atoms with Crippen LogP contribution in [-0.2, 0) is 9.47 Å². The monoisotopic (exact) mass is 570 g/mol. The van der Waals surface area contributed by atoms with Crippen LogP contribution in [0.2, 0.25) is 0 Å². The Morgan fingerprint density at radius 1 is 0.976 bits per heavy atom. The summed E-state index contributed by atoms with van der Waals surface area (Å²) in [6.45, 7) is 0.730. The highest BCUT2D eigenvalue weighted by molar-refractivity contribution is 6.03. The number of alkyl halides is 1. The zero-order valence-electron chi connectivity index (χ0n) is 22.3. The van der Waals surface area contributed by atoms with Gasteiger partial charge in [-0.2, -0.15) is 4.98 Å². The van der Waals surface area contributed by atoms with E-state index in [2.05, 4.69) is 10.3 Å². The summed E-state index contributed by atoms with van der Waals surface area (Å²) in [5, 5.41) is 14.4. The molecule has 10 nitrogen and oxygen atoms in total. The van der Waals surface area contributed by atoms with Crippen LogP contribution in [0.25, 0.3) is 0 Å². The lowest BCUT2D eigenvalue weighted by Gasteiger charge is -2.30. The Hall–Kier alpha value is -5.16. The van der Waals surface area contributed by atoms with Gasteiger partial charge in [0.05, 0.1) is 17.5 Å². The minimum absolute atomic E-state index is 0.0542. The zero-order chi connectivity index (χ0) is 29.9. The van der Waals surface area contributed by atoms with Crippen LogP contribution in [0.1, 0.15) is 55.7 Å². The SMILES string of the molecule is C[C@]1(F)[C@H](c2ccccc2C(=O)[O-])[C@@H](COC(=O)c2ccccc2)O[C@@H]1n1ccc(NC(=O)c2ccccc2)nc1=O. The van der Waals surface area contributed by atoms with E-state index in [1.807, 2.05) is 0 Å². The van der Waals surface area contributed by atoms with Gasteiger partial charge in [-0.1, -0.05) is 60.7 Å². The number of rotatable bonds is 8. The molecule has 0 spiro atoms. The average molecular weight is 571 g/mol. The first kappa shape index (κ1) is 28.4. The molecule has 1 N–H and O–H groups in total. The number of carbonyl (C=O) groups is 3. The molecule has 1 amide bonds. The lowest BCUT2D eigenvalue weighted by molar-refractivity contribution is -0.255. The Kier molecular flexibility index (Phi) is 7.94. The second-order valence-electron chi connectivity index (χ2n) is 9.82. The highest BCUT2D eigenvalue weighted by atomic mass is 19.1. The number of nitrogens with one attached hydrogen (secondary N) is 1. The van der Waals surface area contributed by atoms with Gasteiger partial charge < -0.3 is 24.7 Å². The predicted octanol–water partition coefficient (Wildman–Crippen LogP) is 3.13. The Morgan fingerprint density at radius 3 is 2.24 bits per heavy atom. The summed E-state index contributed by atoms with van der Waals surface area (Å²) in [6, 6.07) is 23.5. The van der Waals surface area contributed by atoms with Crippen molar-refractivity contribution in [2.24, 2.45) is 0 Å². The molecule has 42 heavy (non-hydrogen) atoms. The lowest BCUT2D eigenvalue weighted by Crippen LogP contribution is -2.39. The van der Waals surface area contributed by atoms with Gasteiger partial charge in [-0.25, -0.2) is 14.0 Å². The van der Waals surface area contributed by atoms with E-state index in [1.54, 1.807) is 60.7 Å². The molecule has 0 unspecified atom stereocenters. The maximum absolute atomic E-state index is 16.8. The number of benzene rings is 3. The molecule has 11 heteroatoms. The number of halogens is 1. The van der Waals surface area contributed by atoms with E-state index in [0.29, 0.717) is 5.56 Å². The van der Waals surface area contributed by atoms with E-state index < -0.39 is 54.1 Å². The van der Waals surface area contributed by atoms with E-state index in [9.17, 15) is 24.3 Å². The summed E-state index contributed by atoms with van der Waals surface area (Å²) in [7, 11) is 0. The third kappa shape index (κ3) is 5.68. The molecular formula is C31H25FN3O7-. The summed E-state index contributed by atoms with van der Waals surface area (Å²) in [6.07, 6.45) is -1.56. The molecule has 1 fully saturated rings. The number of aromatic nitrogens is 2. The van der Waals surface area contributed by atoms with E-state index >= 15 is 4.39 Å². The van der Waals surface area contributed by atoms with Crippen molar-refractivity contribution in [2.45, 2.75) is 30.8 Å². The maximum atomic E-state index is 16.8. The molecule has 1 aliphatic heterocycles. The van der Waals surface area contributed by atoms with Gasteiger partial charge in [-0.15, -0.1) is 0 Å². The van der Waals surface area contributed by atoms with Gasteiger partial charge in [-0.05, 0) is 42.8 Å². The van der Waals surface area contributed by atoms with Gasteiger partial charge >= 0.3 is 11.7 Å². The third-order valence-electron chi connectivity index (χ3n) is 7.03. The number of aromatic carboxylic acids is 1.